The molecule has 2 aliphatic rings. The average molecular weight is 512 g/mol. The Labute approximate surface area is 188 Å². The SMILES string of the molecule is CCNC(=NCC(C)(O)CN1CCOCC1)NCCCOC1CCCCC1.I. The molecule has 0 aromatic heterocycles. The standard InChI is InChI=1S/C20H40N4O3.HI/c1-3-21-19(22-10-7-13-27-18-8-5-4-6-9-18)23-16-20(2,25)17-24-11-14-26-15-12-24;/h18,25H,3-17H2,1-2H3,(H2,21,22,23);1H. The summed E-state index contributed by atoms with van der Waals surface area (Å²) in [6.45, 7) is 10.6. The molecule has 2 rings (SSSR count). The largest absolute Gasteiger partial charge is 0.387 e. The molecule has 1 aliphatic heterocycles. The molecule has 0 radical (unpaired) electrons. The van der Waals surface area contributed by atoms with Gasteiger partial charge in [0.2, 0.25) is 0 Å². The van der Waals surface area contributed by atoms with E-state index in [1.54, 1.807) is 0 Å². The van der Waals surface area contributed by atoms with Crippen molar-refractivity contribution in [3.05, 3.63) is 0 Å². The molecule has 2 fully saturated rings. The number of ether oxygens (including phenoxy) is 2. The van der Waals surface area contributed by atoms with Crippen molar-refractivity contribution in [2.45, 2.75) is 64.1 Å². The van der Waals surface area contributed by atoms with Gasteiger partial charge in [0.25, 0.3) is 0 Å². The summed E-state index contributed by atoms with van der Waals surface area (Å²) in [7, 11) is 0. The fraction of sp³-hybridized carbons (Fsp3) is 0.950. The van der Waals surface area contributed by atoms with Crippen LogP contribution >= 0.6 is 24.0 Å². The molecule has 1 saturated carbocycles. The molecule has 1 aliphatic carbocycles. The molecule has 0 spiro atoms. The second-order valence-corrected chi connectivity index (χ2v) is 7.99. The number of aliphatic hydroxyl groups is 1. The Hall–Kier alpha value is -0.160. The third-order valence-corrected chi connectivity index (χ3v) is 5.11. The third kappa shape index (κ3) is 11.1. The highest BCUT2D eigenvalue weighted by molar-refractivity contribution is 14.0. The minimum absolute atomic E-state index is 0. The number of nitrogens with one attached hydrogen (secondary N) is 2. The fourth-order valence-electron chi connectivity index (χ4n) is 3.64. The van der Waals surface area contributed by atoms with Gasteiger partial charge < -0.3 is 25.2 Å². The molecule has 8 heteroatoms. The lowest BCUT2D eigenvalue weighted by molar-refractivity contribution is -0.0180. The van der Waals surface area contributed by atoms with E-state index in [0.29, 0.717) is 19.2 Å². The van der Waals surface area contributed by atoms with Crippen LogP contribution in [0.15, 0.2) is 4.99 Å². The summed E-state index contributed by atoms with van der Waals surface area (Å²) >= 11 is 0. The minimum atomic E-state index is -0.843. The highest BCUT2D eigenvalue weighted by atomic mass is 127. The van der Waals surface area contributed by atoms with Crippen LogP contribution in [0.4, 0.5) is 0 Å². The molecule has 0 amide bonds. The Bertz CT molecular complexity index is 426. The maximum atomic E-state index is 10.7. The minimum Gasteiger partial charge on any atom is -0.387 e. The van der Waals surface area contributed by atoms with Crippen LogP contribution < -0.4 is 10.6 Å². The number of guanidine groups is 1. The van der Waals surface area contributed by atoms with Gasteiger partial charge in [0, 0.05) is 39.3 Å². The molecular formula is C20H41IN4O3. The van der Waals surface area contributed by atoms with E-state index in [0.717, 1.165) is 58.4 Å². The van der Waals surface area contributed by atoms with E-state index in [-0.39, 0.29) is 24.0 Å². The summed E-state index contributed by atoms with van der Waals surface area (Å²) in [4.78, 5) is 6.82. The Morgan fingerprint density at radius 1 is 1.21 bits per heavy atom. The normalized spacial score (nSPS) is 21.6. The number of aliphatic imine (C=N–C) groups is 1. The summed E-state index contributed by atoms with van der Waals surface area (Å²) in [5, 5.41) is 17.3. The summed E-state index contributed by atoms with van der Waals surface area (Å²) in [6, 6.07) is 0. The Morgan fingerprint density at radius 3 is 2.61 bits per heavy atom. The second-order valence-electron chi connectivity index (χ2n) is 7.99. The van der Waals surface area contributed by atoms with E-state index >= 15 is 0 Å². The molecule has 0 bridgehead atoms. The lowest BCUT2D eigenvalue weighted by Crippen LogP contribution is -2.48. The number of hydrogen-bond acceptors (Lipinski definition) is 5. The molecule has 1 unspecified atom stereocenters. The molecular weight excluding hydrogens is 471 g/mol. The number of hydrogen-bond donors (Lipinski definition) is 3. The molecule has 0 aromatic rings. The van der Waals surface area contributed by atoms with Gasteiger partial charge in [0.1, 0.15) is 0 Å². The molecule has 166 valence electrons. The van der Waals surface area contributed by atoms with Crippen LogP contribution in [0.1, 0.15) is 52.4 Å². The summed E-state index contributed by atoms with van der Waals surface area (Å²) in [6.07, 6.45) is 7.85. The lowest BCUT2D eigenvalue weighted by atomic mass is 9.98. The first-order chi connectivity index (χ1) is 13.1. The van der Waals surface area contributed by atoms with Gasteiger partial charge in [-0.1, -0.05) is 19.3 Å². The van der Waals surface area contributed by atoms with Crippen molar-refractivity contribution in [3.8, 4) is 0 Å². The van der Waals surface area contributed by atoms with Crippen LogP contribution in [-0.4, -0.2) is 86.8 Å². The monoisotopic (exact) mass is 512 g/mol. The van der Waals surface area contributed by atoms with Gasteiger partial charge in [-0.3, -0.25) is 9.89 Å². The van der Waals surface area contributed by atoms with Gasteiger partial charge in [0.05, 0.1) is 31.5 Å². The molecule has 1 saturated heterocycles. The van der Waals surface area contributed by atoms with Gasteiger partial charge in [-0.2, -0.15) is 0 Å². The second kappa shape index (κ2) is 14.8. The zero-order chi connectivity index (χ0) is 19.4. The van der Waals surface area contributed by atoms with Crippen LogP contribution in [0.25, 0.3) is 0 Å². The zero-order valence-corrected chi connectivity index (χ0v) is 20.1. The average Bonchev–Trinajstić information content (AvgIpc) is 2.67. The smallest absolute Gasteiger partial charge is 0.191 e. The van der Waals surface area contributed by atoms with Gasteiger partial charge in [-0.05, 0) is 33.1 Å². The van der Waals surface area contributed by atoms with E-state index < -0.39 is 5.60 Å². The molecule has 28 heavy (non-hydrogen) atoms. The first-order valence-corrected chi connectivity index (χ1v) is 10.8. The molecule has 1 heterocycles. The quantitative estimate of drug-likeness (QED) is 0.180. The van der Waals surface area contributed by atoms with E-state index in [2.05, 4.69) is 27.4 Å². The highest BCUT2D eigenvalue weighted by Gasteiger charge is 2.25. The molecule has 3 N–H and O–H groups in total. The molecule has 7 nitrogen and oxygen atoms in total. The maximum absolute atomic E-state index is 10.7. The number of halogens is 1. The Balaban J connectivity index is 0.00000392. The van der Waals surface area contributed by atoms with Gasteiger partial charge in [-0.25, -0.2) is 0 Å². The zero-order valence-electron chi connectivity index (χ0n) is 17.8. The first-order valence-electron chi connectivity index (χ1n) is 10.8. The van der Waals surface area contributed by atoms with Crippen molar-refractivity contribution in [3.63, 3.8) is 0 Å². The van der Waals surface area contributed by atoms with E-state index in [1.807, 2.05) is 6.92 Å². The highest BCUT2D eigenvalue weighted by Crippen LogP contribution is 2.20. The summed E-state index contributed by atoms with van der Waals surface area (Å²) in [5.41, 5.74) is -0.843. The van der Waals surface area contributed by atoms with Gasteiger partial charge >= 0.3 is 0 Å². The topological polar surface area (TPSA) is 78.4 Å². The molecule has 0 aromatic carbocycles. The van der Waals surface area contributed by atoms with Crippen molar-refractivity contribution in [1.82, 2.24) is 15.5 Å². The number of morpholine rings is 1. The van der Waals surface area contributed by atoms with Crippen molar-refractivity contribution in [2.24, 2.45) is 4.99 Å². The number of β-amino-alcohol motifs (C(OH)–C–C–N with tert-alkyl or cyclic N) is 1. The Morgan fingerprint density at radius 2 is 1.93 bits per heavy atom. The van der Waals surface area contributed by atoms with E-state index in [9.17, 15) is 5.11 Å². The third-order valence-electron chi connectivity index (χ3n) is 5.11. The van der Waals surface area contributed by atoms with Gasteiger partial charge in [-0.15, -0.1) is 24.0 Å². The van der Waals surface area contributed by atoms with Crippen LogP contribution in [0.5, 0.6) is 0 Å². The van der Waals surface area contributed by atoms with Gasteiger partial charge in [0.15, 0.2) is 5.96 Å². The van der Waals surface area contributed by atoms with Crippen LogP contribution in [0.3, 0.4) is 0 Å². The lowest BCUT2D eigenvalue weighted by Gasteiger charge is -2.33. The van der Waals surface area contributed by atoms with Crippen molar-refractivity contribution < 1.29 is 14.6 Å². The number of nitrogens with zero attached hydrogens (tertiary/aromatic N) is 2. The van der Waals surface area contributed by atoms with E-state index in [4.69, 9.17) is 9.47 Å². The van der Waals surface area contributed by atoms with Crippen LogP contribution in [0.2, 0.25) is 0 Å². The van der Waals surface area contributed by atoms with Crippen molar-refractivity contribution in [1.29, 1.82) is 0 Å². The number of rotatable bonds is 10. The van der Waals surface area contributed by atoms with Crippen molar-refractivity contribution in [2.75, 3.05) is 59.1 Å². The van der Waals surface area contributed by atoms with Crippen LogP contribution in [-0.2, 0) is 9.47 Å². The van der Waals surface area contributed by atoms with Crippen LogP contribution in [0, 0.1) is 0 Å². The molecule has 1 atom stereocenters. The van der Waals surface area contributed by atoms with Crippen molar-refractivity contribution >= 4 is 29.9 Å². The maximum Gasteiger partial charge on any atom is 0.191 e. The fourth-order valence-corrected chi connectivity index (χ4v) is 3.64. The Kier molecular flexibility index (Phi) is 13.6. The van der Waals surface area contributed by atoms with E-state index in [1.165, 1.54) is 32.1 Å². The predicted molar refractivity (Wildman–Crippen MR) is 125 cm³/mol. The predicted octanol–water partition coefficient (Wildman–Crippen LogP) is 1.98. The summed E-state index contributed by atoms with van der Waals surface area (Å²) in [5.74, 6) is 0.761. The summed E-state index contributed by atoms with van der Waals surface area (Å²) < 4.78 is 11.3. The first kappa shape index (κ1) is 25.9.